The number of anilines is 1. The summed E-state index contributed by atoms with van der Waals surface area (Å²) in [5.74, 6) is 2.54. The number of ether oxygens (including phenoxy) is 1. The molecule has 2 N–H and O–H groups in total. The second-order valence-corrected chi connectivity index (χ2v) is 9.10. The maximum atomic E-state index is 12.8. The monoisotopic (exact) mass is 452 g/mol. The first-order chi connectivity index (χ1) is 15.3. The Hall–Kier alpha value is -3.48. The predicted molar refractivity (Wildman–Crippen MR) is 122 cm³/mol. The Kier molecular flexibility index (Phi) is 7.08. The quantitative estimate of drug-likeness (QED) is 0.399. The molecule has 0 aliphatic carbocycles. The Labute approximate surface area is 187 Å². The number of hydrogen-bond donors (Lipinski definition) is 2. The van der Waals surface area contributed by atoms with Crippen LogP contribution in [0.15, 0.2) is 53.4 Å². The molecule has 1 atom stereocenters. The number of para-hydroxylation sites is 1. The molecule has 0 saturated heterocycles. The summed E-state index contributed by atoms with van der Waals surface area (Å²) < 4.78 is 33.0. The first-order valence-corrected chi connectivity index (χ1v) is 11.4. The van der Waals surface area contributed by atoms with E-state index in [1.54, 1.807) is 24.3 Å². The van der Waals surface area contributed by atoms with Gasteiger partial charge in [-0.1, -0.05) is 44.0 Å². The molecule has 166 valence electrons. The van der Waals surface area contributed by atoms with Gasteiger partial charge in [0, 0.05) is 10.9 Å². The van der Waals surface area contributed by atoms with Crippen molar-refractivity contribution in [1.82, 2.24) is 14.7 Å². The molecule has 0 spiro atoms. The molecular weight excluding hydrogens is 428 g/mol. The van der Waals surface area contributed by atoms with E-state index >= 15 is 0 Å². The number of nitrogens with one attached hydrogen (secondary N) is 2. The highest BCUT2D eigenvalue weighted by Crippen LogP contribution is 2.23. The number of terminal acetylenes is 1. The fourth-order valence-electron chi connectivity index (χ4n) is 3.14. The molecule has 3 aromatic rings. The molecule has 0 amide bonds. The maximum absolute atomic E-state index is 12.8. The van der Waals surface area contributed by atoms with Gasteiger partial charge in [-0.2, -0.15) is 0 Å². The zero-order chi connectivity index (χ0) is 23.3. The molecule has 8 nitrogen and oxygen atoms in total. The number of fused-ring (bicyclic) bond motifs is 1. The summed E-state index contributed by atoms with van der Waals surface area (Å²) in [5.41, 5.74) is 0.871. The van der Waals surface area contributed by atoms with Crippen molar-refractivity contribution in [2.75, 3.05) is 12.4 Å². The lowest BCUT2D eigenvalue weighted by Gasteiger charge is -2.21. The zero-order valence-corrected chi connectivity index (χ0v) is 18.8. The average molecular weight is 453 g/mol. The van der Waals surface area contributed by atoms with Gasteiger partial charge in [-0.15, -0.1) is 6.42 Å². The predicted octanol–water partition coefficient (Wildman–Crippen LogP) is 2.70. The number of methoxy groups -OCH3 is 1. The average Bonchev–Trinajstić information content (AvgIpc) is 2.80. The van der Waals surface area contributed by atoms with Crippen molar-refractivity contribution in [2.45, 2.75) is 31.3 Å². The van der Waals surface area contributed by atoms with Gasteiger partial charge in [0.25, 0.3) is 0 Å². The van der Waals surface area contributed by atoms with Gasteiger partial charge in [0.2, 0.25) is 10.0 Å². The van der Waals surface area contributed by atoms with Crippen molar-refractivity contribution in [2.24, 2.45) is 5.92 Å². The summed E-state index contributed by atoms with van der Waals surface area (Å²) in [6.07, 6.45) is 5.43. The molecule has 0 aliphatic rings. The first-order valence-electron chi connectivity index (χ1n) is 9.92. The Morgan fingerprint density at radius 2 is 1.81 bits per heavy atom. The standard InChI is InChI=1S/C23H24N4O4S/c1-5-16-10-6-9-13-19(16)32(29,30)24-14-20-25-18-12-8-7-11-17(18)22(26-20)27-21(15(2)3)23(28)31-4/h1,6-13,15,21,24H,14H2,2-4H3,(H,25,26,27)/t21-/m0/s1. The molecule has 32 heavy (non-hydrogen) atoms. The number of aromatic nitrogens is 2. The van der Waals surface area contributed by atoms with Crippen LogP contribution in [0.3, 0.4) is 0 Å². The number of esters is 1. The van der Waals surface area contributed by atoms with Gasteiger partial charge in [-0.05, 0) is 30.2 Å². The van der Waals surface area contributed by atoms with Crippen LogP contribution >= 0.6 is 0 Å². The molecule has 2 aromatic carbocycles. The highest BCUT2D eigenvalue weighted by Gasteiger charge is 2.25. The lowest BCUT2D eigenvalue weighted by molar-refractivity contribution is -0.142. The van der Waals surface area contributed by atoms with E-state index in [2.05, 4.69) is 25.9 Å². The van der Waals surface area contributed by atoms with Gasteiger partial charge in [-0.3, -0.25) is 0 Å². The minimum absolute atomic E-state index is 0.00667. The first kappa shape index (κ1) is 23.2. The lowest BCUT2D eigenvalue weighted by Crippen LogP contribution is -2.36. The van der Waals surface area contributed by atoms with Crippen LogP contribution in [0.1, 0.15) is 25.2 Å². The molecule has 0 bridgehead atoms. The van der Waals surface area contributed by atoms with Gasteiger partial charge in [-0.25, -0.2) is 27.9 Å². The van der Waals surface area contributed by atoms with Crippen LogP contribution in [0, 0.1) is 18.3 Å². The minimum atomic E-state index is -3.89. The van der Waals surface area contributed by atoms with Crippen molar-refractivity contribution in [1.29, 1.82) is 0 Å². The van der Waals surface area contributed by atoms with Crippen molar-refractivity contribution in [3.8, 4) is 12.3 Å². The van der Waals surface area contributed by atoms with Crippen LogP contribution in [0.4, 0.5) is 5.82 Å². The number of carbonyl (C=O) groups is 1. The van der Waals surface area contributed by atoms with Crippen molar-refractivity contribution < 1.29 is 17.9 Å². The number of nitrogens with zero attached hydrogens (tertiary/aromatic N) is 2. The van der Waals surface area contributed by atoms with Gasteiger partial charge in [0.15, 0.2) is 0 Å². The summed E-state index contributed by atoms with van der Waals surface area (Å²) in [5, 5.41) is 3.83. The van der Waals surface area contributed by atoms with Gasteiger partial charge in [0.1, 0.15) is 17.7 Å². The van der Waals surface area contributed by atoms with Gasteiger partial charge in [0.05, 0.1) is 24.1 Å². The number of sulfonamides is 1. The summed E-state index contributed by atoms with van der Waals surface area (Å²) in [7, 11) is -2.56. The highest BCUT2D eigenvalue weighted by atomic mass is 32.2. The van der Waals surface area contributed by atoms with Crippen LogP contribution in [0.2, 0.25) is 0 Å². The fourth-order valence-corrected chi connectivity index (χ4v) is 4.29. The molecule has 1 heterocycles. The van der Waals surface area contributed by atoms with E-state index in [1.165, 1.54) is 13.2 Å². The summed E-state index contributed by atoms with van der Waals surface area (Å²) in [6, 6.07) is 12.9. The van der Waals surface area contributed by atoms with E-state index in [4.69, 9.17) is 11.2 Å². The third-order valence-electron chi connectivity index (χ3n) is 4.82. The van der Waals surface area contributed by atoms with Crippen molar-refractivity contribution in [3.05, 3.63) is 59.9 Å². The van der Waals surface area contributed by atoms with Crippen molar-refractivity contribution in [3.63, 3.8) is 0 Å². The van der Waals surface area contributed by atoms with E-state index in [0.717, 1.165) is 0 Å². The Balaban J connectivity index is 1.94. The van der Waals surface area contributed by atoms with Crippen LogP contribution in [-0.2, 0) is 26.1 Å². The van der Waals surface area contributed by atoms with Crippen LogP contribution in [-0.4, -0.2) is 37.5 Å². The maximum Gasteiger partial charge on any atom is 0.328 e. The molecule has 0 saturated carbocycles. The molecule has 1 aromatic heterocycles. The minimum Gasteiger partial charge on any atom is -0.467 e. The summed E-state index contributed by atoms with van der Waals surface area (Å²) >= 11 is 0. The highest BCUT2D eigenvalue weighted by molar-refractivity contribution is 7.89. The molecule has 0 unspecified atom stereocenters. The zero-order valence-electron chi connectivity index (χ0n) is 18.0. The van der Waals surface area contributed by atoms with E-state index in [-0.39, 0.29) is 28.7 Å². The third-order valence-corrected chi connectivity index (χ3v) is 6.28. The van der Waals surface area contributed by atoms with Gasteiger partial charge < -0.3 is 10.1 Å². The molecule has 9 heteroatoms. The van der Waals surface area contributed by atoms with Crippen LogP contribution < -0.4 is 10.0 Å². The number of hydrogen-bond acceptors (Lipinski definition) is 7. The number of benzene rings is 2. The van der Waals surface area contributed by atoms with E-state index in [0.29, 0.717) is 16.7 Å². The second-order valence-electron chi connectivity index (χ2n) is 7.36. The SMILES string of the molecule is C#Cc1ccccc1S(=O)(=O)NCc1nc(N[C@H](C(=O)OC)C(C)C)c2ccccc2n1. The molecule has 0 radical (unpaired) electrons. The van der Waals surface area contributed by atoms with Crippen LogP contribution in [0.25, 0.3) is 10.9 Å². The molecule has 0 aliphatic heterocycles. The smallest absolute Gasteiger partial charge is 0.328 e. The topological polar surface area (TPSA) is 110 Å². The third kappa shape index (κ3) is 5.04. The van der Waals surface area contributed by atoms with Crippen molar-refractivity contribution >= 4 is 32.7 Å². The normalized spacial score (nSPS) is 12.3. The number of rotatable bonds is 8. The van der Waals surface area contributed by atoms with Gasteiger partial charge >= 0.3 is 5.97 Å². The van der Waals surface area contributed by atoms with E-state index in [9.17, 15) is 13.2 Å². The molecule has 3 rings (SSSR count). The largest absolute Gasteiger partial charge is 0.467 e. The lowest BCUT2D eigenvalue weighted by atomic mass is 10.0. The molecular formula is C23H24N4O4S. The Bertz CT molecular complexity index is 1280. The van der Waals surface area contributed by atoms with E-state index in [1.807, 2.05) is 32.0 Å². The second kappa shape index (κ2) is 9.77. The Morgan fingerprint density at radius 1 is 1.12 bits per heavy atom. The Morgan fingerprint density at radius 3 is 2.50 bits per heavy atom. The number of carbonyl (C=O) groups excluding carboxylic acids is 1. The summed E-state index contributed by atoms with van der Waals surface area (Å²) in [6.45, 7) is 3.61. The van der Waals surface area contributed by atoms with E-state index < -0.39 is 22.0 Å². The fraction of sp³-hybridized carbons (Fsp3) is 0.261. The summed E-state index contributed by atoms with van der Waals surface area (Å²) in [4.78, 5) is 21.2. The van der Waals surface area contributed by atoms with Crippen LogP contribution in [0.5, 0.6) is 0 Å². The molecule has 0 fully saturated rings.